The molecular weight excluding hydrogens is 332 g/mol. The molecule has 0 bridgehead atoms. The lowest BCUT2D eigenvalue weighted by Crippen LogP contribution is -2.06. The molecule has 0 saturated heterocycles. The molecule has 6 heteroatoms. The molecular formula is C20H22N2O4. The van der Waals surface area contributed by atoms with E-state index in [0.29, 0.717) is 17.0 Å². The molecule has 0 amide bonds. The molecule has 0 atom stereocenters. The van der Waals surface area contributed by atoms with Crippen LogP contribution in [0.15, 0.2) is 36.4 Å². The van der Waals surface area contributed by atoms with Crippen molar-refractivity contribution in [2.45, 2.75) is 26.3 Å². The lowest BCUT2D eigenvalue weighted by Gasteiger charge is -2.11. The van der Waals surface area contributed by atoms with Crippen molar-refractivity contribution in [3.05, 3.63) is 53.3 Å². The molecule has 3 rings (SSSR count). The lowest BCUT2D eigenvalue weighted by atomic mass is 10.1. The molecule has 0 radical (unpaired) electrons. The highest BCUT2D eigenvalue weighted by Crippen LogP contribution is 2.28. The number of benzene rings is 2. The van der Waals surface area contributed by atoms with Crippen LogP contribution in [0.5, 0.6) is 11.5 Å². The van der Waals surface area contributed by atoms with E-state index in [1.54, 1.807) is 26.4 Å². The molecule has 26 heavy (non-hydrogen) atoms. The second-order valence-corrected chi connectivity index (χ2v) is 5.98. The first kappa shape index (κ1) is 17.8. The molecule has 136 valence electrons. The number of ether oxygens (including phenoxy) is 2. The molecule has 6 nitrogen and oxygen atoms in total. The van der Waals surface area contributed by atoms with E-state index < -0.39 is 5.97 Å². The van der Waals surface area contributed by atoms with Crippen LogP contribution in [-0.2, 0) is 19.4 Å². The second kappa shape index (κ2) is 7.47. The van der Waals surface area contributed by atoms with Gasteiger partial charge >= 0.3 is 5.97 Å². The Morgan fingerprint density at radius 2 is 1.88 bits per heavy atom. The Balaban J connectivity index is 1.89. The molecule has 0 aliphatic carbocycles. The number of fused-ring (bicyclic) bond motifs is 1. The average molecular weight is 354 g/mol. The van der Waals surface area contributed by atoms with Crippen LogP contribution in [0.25, 0.3) is 11.0 Å². The van der Waals surface area contributed by atoms with Crippen molar-refractivity contribution < 1.29 is 19.4 Å². The summed E-state index contributed by atoms with van der Waals surface area (Å²) in [6.45, 7) is 2.80. The van der Waals surface area contributed by atoms with Gasteiger partial charge in [-0.15, -0.1) is 0 Å². The Labute approximate surface area is 152 Å². The number of aryl methyl sites for hydroxylation is 3. The Morgan fingerprint density at radius 1 is 1.12 bits per heavy atom. The minimum absolute atomic E-state index is 0.254. The van der Waals surface area contributed by atoms with E-state index >= 15 is 0 Å². The van der Waals surface area contributed by atoms with Crippen LogP contribution in [0.1, 0.15) is 28.7 Å². The van der Waals surface area contributed by atoms with Gasteiger partial charge in [0.25, 0.3) is 0 Å². The lowest BCUT2D eigenvalue weighted by molar-refractivity contribution is 0.0697. The van der Waals surface area contributed by atoms with Gasteiger partial charge in [0.05, 0.1) is 30.8 Å². The summed E-state index contributed by atoms with van der Waals surface area (Å²) in [6, 6.07) is 11.0. The predicted octanol–water partition coefficient (Wildman–Crippen LogP) is 3.56. The van der Waals surface area contributed by atoms with Crippen LogP contribution in [0.2, 0.25) is 0 Å². The van der Waals surface area contributed by atoms with E-state index in [1.807, 2.05) is 31.2 Å². The average Bonchev–Trinajstić information content (AvgIpc) is 3.02. The third kappa shape index (κ3) is 3.35. The number of hydrogen-bond acceptors (Lipinski definition) is 4. The summed E-state index contributed by atoms with van der Waals surface area (Å²) < 4.78 is 12.8. The highest BCUT2D eigenvalue weighted by atomic mass is 16.5. The first-order valence-electron chi connectivity index (χ1n) is 8.50. The number of aromatic nitrogens is 2. The summed E-state index contributed by atoms with van der Waals surface area (Å²) in [4.78, 5) is 15.8. The summed E-state index contributed by atoms with van der Waals surface area (Å²) >= 11 is 0. The van der Waals surface area contributed by atoms with Crippen LogP contribution in [-0.4, -0.2) is 34.8 Å². The number of carboxylic acid groups (broad SMARTS) is 1. The number of aromatic carboxylic acids is 1. The number of imidazole rings is 1. The zero-order chi connectivity index (χ0) is 18.7. The molecule has 0 spiro atoms. The Hall–Kier alpha value is -3.02. The van der Waals surface area contributed by atoms with Gasteiger partial charge < -0.3 is 19.1 Å². The maximum atomic E-state index is 11.2. The van der Waals surface area contributed by atoms with Gasteiger partial charge in [0.15, 0.2) is 11.5 Å². The SMILES string of the molecule is CCc1nc2cc(C(=O)O)ccc2n1CCc1ccc(OC)c(OC)c1. The monoisotopic (exact) mass is 354 g/mol. The van der Waals surface area contributed by atoms with Gasteiger partial charge in [-0.1, -0.05) is 13.0 Å². The van der Waals surface area contributed by atoms with E-state index in [0.717, 1.165) is 36.3 Å². The summed E-state index contributed by atoms with van der Waals surface area (Å²) in [5.41, 5.74) is 3.06. The van der Waals surface area contributed by atoms with Gasteiger partial charge in [-0.05, 0) is 42.3 Å². The fourth-order valence-electron chi connectivity index (χ4n) is 3.11. The number of rotatable bonds is 7. The summed E-state index contributed by atoms with van der Waals surface area (Å²) in [7, 11) is 3.24. The van der Waals surface area contributed by atoms with Crippen LogP contribution in [0, 0.1) is 0 Å². The topological polar surface area (TPSA) is 73.6 Å². The Morgan fingerprint density at radius 3 is 2.54 bits per heavy atom. The van der Waals surface area contributed by atoms with Crippen molar-refractivity contribution in [2.75, 3.05) is 14.2 Å². The molecule has 0 fully saturated rings. The number of nitrogens with zero attached hydrogens (tertiary/aromatic N) is 2. The summed E-state index contributed by atoms with van der Waals surface area (Å²) in [5.74, 6) is 1.43. The van der Waals surface area contributed by atoms with Crippen molar-refractivity contribution in [1.29, 1.82) is 0 Å². The van der Waals surface area contributed by atoms with E-state index in [-0.39, 0.29) is 5.56 Å². The van der Waals surface area contributed by atoms with Crippen LogP contribution >= 0.6 is 0 Å². The van der Waals surface area contributed by atoms with Crippen molar-refractivity contribution >= 4 is 17.0 Å². The fraction of sp³-hybridized carbons (Fsp3) is 0.300. The van der Waals surface area contributed by atoms with Gasteiger partial charge in [-0.25, -0.2) is 9.78 Å². The van der Waals surface area contributed by atoms with Gasteiger partial charge in [-0.2, -0.15) is 0 Å². The van der Waals surface area contributed by atoms with Crippen LogP contribution < -0.4 is 9.47 Å². The second-order valence-electron chi connectivity index (χ2n) is 5.98. The van der Waals surface area contributed by atoms with Crippen molar-refractivity contribution in [2.24, 2.45) is 0 Å². The maximum absolute atomic E-state index is 11.2. The van der Waals surface area contributed by atoms with Crippen molar-refractivity contribution in [3.8, 4) is 11.5 Å². The molecule has 1 heterocycles. The normalized spacial score (nSPS) is 10.9. The molecule has 0 aliphatic heterocycles. The van der Waals surface area contributed by atoms with E-state index in [2.05, 4.69) is 9.55 Å². The minimum Gasteiger partial charge on any atom is -0.493 e. The standard InChI is InChI=1S/C20H22N2O4/c1-4-19-21-15-12-14(20(23)24)6-7-16(15)22(19)10-9-13-5-8-17(25-2)18(11-13)26-3/h5-8,11-12H,4,9-10H2,1-3H3,(H,23,24). The summed E-state index contributed by atoms with van der Waals surface area (Å²) in [6.07, 6.45) is 1.59. The predicted molar refractivity (Wildman–Crippen MR) is 99.3 cm³/mol. The van der Waals surface area contributed by atoms with Crippen molar-refractivity contribution in [3.63, 3.8) is 0 Å². The molecule has 0 saturated carbocycles. The molecule has 1 N–H and O–H groups in total. The Bertz CT molecular complexity index is 946. The van der Waals surface area contributed by atoms with Gasteiger partial charge in [0.1, 0.15) is 5.82 Å². The fourth-order valence-corrected chi connectivity index (χ4v) is 3.11. The highest BCUT2D eigenvalue weighted by molar-refractivity contribution is 5.92. The number of carbonyl (C=O) groups is 1. The summed E-state index contributed by atoms with van der Waals surface area (Å²) in [5, 5.41) is 9.17. The van der Waals surface area contributed by atoms with Gasteiger partial charge in [0.2, 0.25) is 0 Å². The van der Waals surface area contributed by atoms with Gasteiger partial charge in [-0.3, -0.25) is 0 Å². The molecule has 0 unspecified atom stereocenters. The van der Waals surface area contributed by atoms with E-state index in [1.165, 1.54) is 0 Å². The van der Waals surface area contributed by atoms with Crippen LogP contribution in [0.3, 0.4) is 0 Å². The van der Waals surface area contributed by atoms with E-state index in [4.69, 9.17) is 14.6 Å². The van der Waals surface area contributed by atoms with E-state index in [9.17, 15) is 4.79 Å². The molecule has 1 aromatic heterocycles. The highest BCUT2D eigenvalue weighted by Gasteiger charge is 2.13. The largest absolute Gasteiger partial charge is 0.493 e. The molecule has 0 aliphatic rings. The smallest absolute Gasteiger partial charge is 0.335 e. The number of methoxy groups -OCH3 is 2. The number of carboxylic acids is 1. The Kier molecular flexibility index (Phi) is 5.11. The number of hydrogen-bond donors (Lipinski definition) is 1. The quantitative estimate of drug-likeness (QED) is 0.702. The zero-order valence-electron chi connectivity index (χ0n) is 15.2. The first-order valence-corrected chi connectivity index (χ1v) is 8.50. The molecule has 3 aromatic rings. The van der Waals surface area contributed by atoms with Crippen molar-refractivity contribution in [1.82, 2.24) is 9.55 Å². The third-order valence-electron chi connectivity index (χ3n) is 4.46. The minimum atomic E-state index is -0.940. The van der Waals surface area contributed by atoms with Gasteiger partial charge in [0, 0.05) is 13.0 Å². The van der Waals surface area contributed by atoms with Crippen LogP contribution in [0.4, 0.5) is 0 Å². The first-order chi connectivity index (χ1) is 12.6. The maximum Gasteiger partial charge on any atom is 0.335 e. The third-order valence-corrected chi connectivity index (χ3v) is 4.46. The zero-order valence-corrected chi connectivity index (χ0v) is 15.2. The molecule has 2 aromatic carbocycles.